The number of hydrogen-bond donors (Lipinski definition) is 1. The van der Waals surface area contributed by atoms with E-state index in [2.05, 4.69) is 17.1 Å². The summed E-state index contributed by atoms with van der Waals surface area (Å²) in [5.74, 6) is 0. The van der Waals surface area contributed by atoms with Crippen LogP contribution in [0.5, 0.6) is 0 Å². The van der Waals surface area contributed by atoms with Gasteiger partial charge in [0, 0.05) is 26.3 Å². The zero-order chi connectivity index (χ0) is 14.1. The Labute approximate surface area is 125 Å². The van der Waals surface area contributed by atoms with Crippen molar-refractivity contribution < 1.29 is 4.74 Å². The summed E-state index contributed by atoms with van der Waals surface area (Å²) >= 11 is 0. The smallest absolute Gasteiger partial charge is 0.0472 e. The normalized spacial score (nSPS) is 25.1. The predicted molar refractivity (Wildman–Crippen MR) is 85.2 cm³/mol. The summed E-state index contributed by atoms with van der Waals surface area (Å²) in [5, 5.41) is 3.68. The maximum atomic E-state index is 5.62. The van der Waals surface area contributed by atoms with Gasteiger partial charge >= 0.3 is 0 Å². The molecule has 2 heterocycles. The molecular weight excluding hydrogens is 248 g/mol. The highest BCUT2D eigenvalue weighted by Gasteiger charge is 2.34. The maximum absolute atomic E-state index is 5.62. The molecule has 0 aromatic rings. The van der Waals surface area contributed by atoms with E-state index in [0.29, 0.717) is 5.41 Å². The summed E-state index contributed by atoms with van der Waals surface area (Å²) in [6.45, 7) is 10.4. The van der Waals surface area contributed by atoms with Gasteiger partial charge in [-0.1, -0.05) is 26.2 Å². The zero-order valence-corrected chi connectivity index (χ0v) is 13.5. The second-order valence-electron chi connectivity index (χ2n) is 6.83. The van der Waals surface area contributed by atoms with Gasteiger partial charge in [0.25, 0.3) is 0 Å². The Morgan fingerprint density at radius 1 is 1.00 bits per heavy atom. The van der Waals surface area contributed by atoms with E-state index in [1.165, 1.54) is 77.5 Å². The van der Waals surface area contributed by atoms with Crippen LogP contribution in [0.4, 0.5) is 0 Å². The van der Waals surface area contributed by atoms with Crippen LogP contribution in [0.15, 0.2) is 0 Å². The van der Waals surface area contributed by atoms with Crippen molar-refractivity contribution in [2.45, 2.75) is 58.3 Å². The minimum Gasteiger partial charge on any atom is -0.381 e. The van der Waals surface area contributed by atoms with E-state index in [1.54, 1.807) is 0 Å². The molecule has 118 valence electrons. The lowest BCUT2D eigenvalue weighted by atomic mass is 9.79. The molecule has 2 fully saturated rings. The van der Waals surface area contributed by atoms with Crippen molar-refractivity contribution in [2.24, 2.45) is 5.41 Å². The molecule has 0 atom stereocenters. The minimum atomic E-state index is 0.465. The highest BCUT2D eigenvalue weighted by atomic mass is 16.5. The second kappa shape index (κ2) is 9.01. The first kappa shape index (κ1) is 16.3. The van der Waals surface area contributed by atoms with Gasteiger partial charge in [-0.25, -0.2) is 0 Å². The fourth-order valence-corrected chi connectivity index (χ4v) is 3.67. The molecule has 0 aromatic heterocycles. The van der Waals surface area contributed by atoms with Crippen molar-refractivity contribution in [3.63, 3.8) is 0 Å². The van der Waals surface area contributed by atoms with Gasteiger partial charge in [0.2, 0.25) is 0 Å². The summed E-state index contributed by atoms with van der Waals surface area (Å²) < 4.78 is 5.62. The second-order valence-corrected chi connectivity index (χ2v) is 6.83. The molecule has 0 amide bonds. The molecule has 0 spiro atoms. The standard InChI is InChI=1S/C17H34N2O/c1-2-10-18-15-17(8-13-20-14-9-17)16-19-11-6-4-3-5-7-12-19/h18H,2-16H2,1H3. The van der Waals surface area contributed by atoms with E-state index in [4.69, 9.17) is 4.74 Å². The van der Waals surface area contributed by atoms with Gasteiger partial charge in [-0.3, -0.25) is 0 Å². The topological polar surface area (TPSA) is 24.5 Å². The number of nitrogens with one attached hydrogen (secondary N) is 1. The van der Waals surface area contributed by atoms with Crippen LogP contribution < -0.4 is 5.32 Å². The Hall–Kier alpha value is -0.120. The first-order valence-corrected chi connectivity index (χ1v) is 8.85. The van der Waals surface area contributed by atoms with E-state index < -0.39 is 0 Å². The first-order valence-electron chi connectivity index (χ1n) is 8.85. The predicted octanol–water partition coefficient (Wildman–Crippen LogP) is 3.05. The van der Waals surface area contributed by atoms with Gasteiger partial charge in [-0.15, -0.1) is 0 Å². The number of hydrogen-bond acceptors (Lipinski definition) is 3. The van der Waals surface area contributed by atoms with Gasteiger partial charge in [0.1, 0.15) is 0 Å². The molecule has 0 unspecified atom stereocenters. The van der Waals surface area contributed by atoms with E-state index >= 15 is 0 Å². The van der Waals surface area contributed by atoms with Crippen molar-refractivity contribution in [1.29, 1.82) is 0 Å². The molecule has 2 rings (SSSR count). The Morgan fingerprint density at radius 3 is 2.30 bits per heavy atom. The van der Waals surface area contributed by atoms with Crippen molar-refractivity contribution >= 4 is 0 Å². The Morgan fingerprint density at radius 2 is 1.65 bits per heavy atom. The van der Waals surface area contributed by atoms with Crippen LogP contribution in [0, 0.1) is 5.41 Å². The average Bonchev–Trinajstić information content (AvgIpc) is 2.43. The third-order valence-corrected chi connectivity index (χ3v) is 4.99. The van der Waals surface area contributed by atoms with Crippen LogP contribution in [0.1, 0.15) is 58.3 Å². The molecule has 2 aliphatic rings. The highest BCUT2D eigenvalue weighted by Crippen LogP contribution is 2.31. The summed E-state index contributed by atoms with van der Waals surface area (Å²) in [6.07, 6.45) is 10.8. The molecule has 3 nitrogen and oxygen atoms in total. The molecule has 3 heteroatoms. The van der Waals surface area contributed by atoms with E-state index in [0.717, 1.165) is 19.8 Å². The van der Waals surface area contributed by atoms with E-state index in [9.17, 15) is 0 Å². The van der Waals surface area contributed by atoms with Crippen LogP contribution in [-0.4, -0.2) is 50.8 Å². The van der Waals surface area contributed by atoms with Gasteiger partial charge in [-0.2, -0.15) is 0 Å². The van der Waals surface area contributed by atoms with Gasteiger partial charge in [-0.05, 0) is 57.2 Å². The quantitative estimate of drug-likeness (QED) is 0.758. The van der Waals surface area contributed by atoms with Crippen LogP contribution >= 0.6 is 0 Å². The molecule has 20 heavy (non-hydrogen) atoms. The van der Waals surface area contributed by atoms with Crippen LogP contribution in [0.2, 0.25) is 0 Å². The monoisotopic (exact) mass is 282 g/mol. The fraction of sp³-hybridized carbons (Fsp3) is 1.00. The number of rotatable bonds is 6. The van der Waals surface area contributed by atoms with Crippen molar-refractivity contribution in [3.8, 4) is 0 Å². The molecule has 2 saturated heterocycles. The molecule has 2 aliphatic heterocycles. The van der Waals surface area contributed by atoms with E-state index in [-0.39, 0.29) is 0 Å². The fourth-order valence-electron chi connectivity index (χ4n) is 3.67. The molecule has 0 bridgehead atoms. The highest BCUT2D eigenvalue weighted by molar-refractivity contribution is 4.87. The van der Waals surface area contributed by atoms with Crippen LogP contribution in [0.3, 0.4) is 0 Å². The third kappa shape index (κ3) is 5.34. The van der Waals surface area contributed by atoms with Gasteiger partial charge in [0.05, 0.1) is 0 Å². The summed E-state index contributed by atoms with van der Waals surface area (Å²) in [4.78, 5) is 2.75. The number of ether oxygens (including phenoxy) is 1. The summed E-state index contributed by atoms with van der Waals surface area (Å²) in [6, 6.07) is 0. The van der Waals surface area contributed by atoms with E-state index in [1.807, 2.05) is 0 Å². The largest absolute Gasteiger partial charge is 0.381 e. The SMILES string of the molecule is CCCNCC1(CN2CCCCCCC2)CCOCC1. The van der Waals surface area contributed by atoms with Gasteiger partial charge in [0.15, 0.2) is 0 Å². The lowest BCUT2D eigenvalue weighted by Gasteiger charge is -2.42. The maximum Gasteiger partial charge on any atom is 0.0472 e. The molecule has 0 saturated carbocycles. The zero-order valence-electron chi connectivity index (χ0n) is 13.5. The molecule has 0 aromatic carbocycles. The summed E-state index contributed by atoms with van der Waals surface area (Å²) in [7, 11) is 0. The van der Waals surface area contributed by atoms with Crippen LogP contribution in [0.25, 0.3) is 0 Å². The summed E-state index contributed by atoms with van der Waals surface area (Å²) in [5.41, 5.74) is 0.465. The molecular formula is C17H34N2O. The Bertz CT molecular complexity index is 243. The molecule has 1 N–H and O–H groups in total. The van der Waals surface area contributed by atoms with Crippen molar-refractivity contribution in [3.05, 3.63) is 0 Å². The number of likely N-dealkylation sites (tertiary alicyclic amines) is 1. The Balaban J connectivity index is 1.87. The first-order chi connectivity index (χ1) is 9.85. The number of nitrogens with zero attached hydrogens (tertiary/aromatic N) is 1. The molecule has 0 radical (unpaired) electrons. The van der Waals surface area contributed by atoms with Crippen molar-refractivity contribution in [1.82, 2.24) is 10.2 Å². The minimum absolute atomic E-state index is 0.465. The third-order valence-electron chi connectivity index (χ3n) is 4.99. The lowest BCUT2D eigenvalue weighted by molar-refractivity contribution is -0.00538. The van der Waals surface area contributed by atoms with Crippen LogP contribution in [-0.2, 0) is 4.74 Å². The molecule has 0 aliphatic carbocycles. The average molecular weight is 282 g/mol. The van der Waals surface area contributed by atoms with Crippen molar-refractivity contribution in [2.75, 3.05) is 45.9 Å². The Kier molecular flexibility index (Phi) is 7.32. The lowest BCUT2D eigenvalue weighted by Crippen LogP contribution is -2.48. The van der Waals surface area contributed by atoms with Gasteiger partial charge < -0.3 is 15.0 Å².